The Hall–Kier alpha value is -1.40. The molecule has 1 amide bonds. The van der Waals surface area contributed by atoms with Crippen LogP contribution >= 0.6 is 15.9 Å². The van der Waals surface area contributed by atoms with E-state index < -0.39 is 0 Å². The van der Waals surface area contributed by atoms with Crippen molar-refractivity contribution in [1.82, 2.24) is 19.8 Å². The van der Waals surface area contributed by atoms with Crippen molar-refractivity contribution >= 4 is 32.9 Å². The summed E-state index contributed by atoms with van der Waals surface area (Å²) in [5.74, 6) is 0.743. The Morgan fingerprint density at radius 2 is 2.17 bits per heavy atom. The summed E-state index contributed by atoms with van der Waals surface area (Å²) in [5.41, 5.74) is 1.50. The Morgan fingerprint density at radius 1 is 1.35 bits per heavy atom. The van der Waals surface area contributed by atoms with Gasteiger partial charge in [0.15, 0.2) is 0 Å². The fourth-order valence-electron chi connectivity index (χ4n) is 3.82. The largest absolute Gasteiger partial charge is 0.345 e. The molecule has 2 aromatic rings. The van der Waals surface area contributed by atoms with Crippen LogP contribution in [0.5, 0.6) is 0 Å². The summed E-state index contributed by atoms with van der Waals surface area (Å²) in [4.78, 5) is 24.8. The molecule has 2 aliphatic rings. The molecule has 5 nitrogen and oxygen atoms in total. The van der Waals surface area contributed by atoms with Crippen LogP contribution in [0, 0.1) is 5.92 Å². The Morgan fingerprint density at radius 3 is 3.00 bits per heavy atom. The van der Waals surface area contributed by atoms with Gasteiger partial charge in [-0.25, -0.2) is 4.98 Å². The third-order valence-electron chi connectivity index (χ3n) is 5.02. The summed E-state index contributed by atoms with van der Waals surface area (Å²) in [6, 6.07) is 1.96. The molecule has 0 saturated carbocycles. The SMILES string of the molecule is O=C(c1c[nH]c2ncc(Br)cc12)N1CCC(CN2CCCC2)C1. The van der Waals surface area contributed by atoms with Gasteiger partial charge in [0.2, 0.25) is 0 Å². The first kappa shape index (κ1) is 15.1. The number of hydrogen-bond acceptors (Lipinski definition) is 3. The average molecular weight is 377 g/mol. The van der Waals surface area contributed by atoms with Crippen molar-refractivity contribution in [3.05, 3.63) is 28.5 Å². The highest BCUT2D eigenvalue weighted by Gasteiger charge is 2.30. The Bertz CT molecular complexity index is 722. The Kier molecular flexibility index (Phi) is 4.11. The predicted octanol–water partition coefficient (Wildman–Crippen LogP) is 2.88. The number of fused-ring (bicyclic) bond motifs is 1. The quantitative estimate of drug-likeness (QED) is 0.895. The van der Waals surface area contributed by atoms with Gasteiger partial charge < -0.3 is 14.8 Å². The highest BCUT2D eigenvalue weighted by Crippen LogP contribution is 2.25. The lowest BCUT2D eigenvalue weighted by Crippen LogP contribution is -2.32. The molecular weight excluding hydrogens is 356 g/mol. The minimum atomic E-state index is 0.125. The number of carbonyl (C=O) groups excluding carboxylic acids is 1. The van der Waals surface area contributed by atoms with Gasteiger partial charge in [-0.1, -0.05) is 0 Å². The van der Waals surface area contributed by atoms with E-state index in [0.717, 1.165) is 47.1 Å². The van der Waals surface area contributed by atoms with Crippen LogP contribution < -0.4 is 0 Å². The van der Waals surface area contributed by atoms with Gasteiger partial charge in [-0.15, -0.1) is 0 Å². The van der Waals surface area contributed by atoms with Crippen molar-refractivity contribution in [2.75, 3.05) is 32.7 Å². The first-order valence-corrected chi connectivity index (χ1v) is 9.14. The first-order valence-electron chi connectivity index (χ1n) is 8.35. The molecule has 2 aromatic heterocycles. The van der Waals surface area contributed by atoms with Crippen LogP contribution in [0.3, 0.4) is 0 Å². The molecular formula is C17H21BrN4O. The van der Waals surface area contributed by atoms with Crippen LogP contribution in [0.2, 0.25) is 0 Å². The minimum absolute atomic E-state index is 0.125. The van der Waals surface area contributed by atoms with Gasteiger partial charge in [-0.05, 0) is 60.3 Å². The summed E-state index contributed by atoms with van der Waals surface area (Å²) in [7, 11) is 0. The lowest BCUT2D eigenvalue weighted by molar-refractivity contribution is 0.0786. The van der Waals surface area contributed by atoms with Gasteiger partial charge in [0, 0.05) is 41.9 Å². The molecule has 0 aliphatic carbocycles. The number of halogens is 1. The van der Waals surface area contributed by atoms with Gasteiger partial charge in [0.05, 0.1) is 5.56 Å². The van der Waals surface area contributed by atoms with Gasteiger partial charge in [0.25, 0.3) is 5.91 Å². The third kappa shape index (κ3) is 3.02. The number of nitrogens with one attached hydrogen (secondary N) is 1. The molecule has 122 valence electrons. The number of carbonyl (C=O) groups is 1. The molecule has 0 bridgehead atoms. The fourth-order valence-corrected chi connectivity index (χ4v) is 4.15. The maximum Gasteiger partial charge on any atom is 0.256 e. The molecule has 1 unspecified atom stereocenters. The van der Waals surface area contributed by atoms with Crippen LogP contribution in [0.25, 0.3) is 11.0 Å². The average Bonchev–Trinajstić information content (AvgIpc) is 3.27. The molecule has 4 heterocycles. The Labute approximate surface area is 144 Å². The standard InChI is InChI=1S/C17H21BrN4O/c18-13-7-14-15(9-20-16(14)19-8-13)17(23)22-6-3-12(11-22)10-21-4-1-2-5-21/h7-9,12H,1-6,10-11H2,(H,19,20). The number of rotatable bonds is 3. The molecule has 6 heteroatoms. The maximum absolute atomic E-state index is 12.9. The van der Waals surface area contributed by atoms with Crippen LogP contribution in [0.4, 0.5) is 0 Å². The molecule has 1 N–H and O–H groups in total. The van der Waals surface area contributed by atoms with E-state index in [0.29, 0.717) is 5.92 Å². The molecule has 4 rings (SSSR count). The van der Waals surface area contributed by atoms with E-state index in [4.69, 9.17) is 0 Å². The van der Waals surface area contributed by atoms with Crippen LogP contribution in [0.1, 0.15) is 29.6 Å². The number of aromatic nitrogens is 2. The van der Waals surface area contributed by atoms with Gasteiger partial charge >= 0.3 is 0 Å². The summed E-state index contributed by atoms with van der Waals surface area (Å²) < 4.78 is 0.895. The number of H-pyrrole nitrogens is 1. The maximum atomic E-state index is 12.9. The number of pyridine rings is 1. The molecule has 2 fully saturated rings. The summed E-state index contributed by atoms with van der Waals surface area (Å²) in [6.07, 6.45) is 7.31. The third-order valence-corrected chi connectivity index (χ3v) is 5.45. The fraction of sp³-hybridized carbons (Fsp3) is 0.529. The lowest BCUT2D eigenvalue weighted by Gasteiger charge is -2.20. The van der Waals surface area contributed by atoms with Crippen molar-refractivity contribution in [2.45, 2.75) is 19.3 Å². The number of amides is 1. The second-order valence-corrected chi connectivity index (χ2v) is 7.58. The minimum Gasteiger partial charge on any atom is -0.345 e. The molecule has 23 heavy (non-hydrogen) atoms. The topological polar surface area (TPSA) is 52.2 Å². The molecule has 2 aliphatic heterocycles. The summed E-state index contributed by atoms with van der Waals surface area (Å²) in [6.45, 7) is 5.35. The van der Waals surface area contributed by atoms with Crippen LogP contribution in [-0.2, 0) is 0 Å². The zero-order valence-electron chi connectivity index (χ0n) is 13.1. The summed E-state index contributed by atoms with van der Waals surface area (Å²) >= 11 is 3.44. The van der Waals surface area contributed by atoms with Crippen molar-refractivity contribution in [3.8, 4) is 0 Å². The monoisotopic (exact) mass is 376 g/mol. The molecule has 2 saturated heterocycles. The van der Waals surface area contributed by atoms with Gasteiger partial charge in [-0.3, -0.25) is 4.79 Å². The second kappa shape index (κ2) is 6.24. The first-order chi connectivity index (χ1) is 11.2. The van der Waals surface area contributed by atoms with Crippen molar-refractivity contribution in [3.63, 3.8) is 0 Å². The molecule has 1 atom stereocenters. The number of hydrogen-bond donors (Lipinski definition) is 1. The normalized spacial score (nSPS) is 22.3. The lowest BCUT2D eigenvalue weighted by atomic mass is 10.1. The highest BCUT2D eigenvalue weighted by atomic mass is 79.9. The van der Waals surface area contributed by atoms with Gasteiger partial charge in [-0.2, -0.15) is 0 Å². The van der Waals surface area contributed by atoms with Crippen molar-refractivity contribution < 1.29 is 4.79 Å². The van der Waals surface area contributed by atoms with Crippen LogP contribution in [0.15, 0.2) is 22.9 Å². The van der Waals surface area contributed by atoms with E-state index in [1.54, 1.807) is 12.4 Å². The van der Waals surface area contributed by atoms with E-state index in [-0.39, 0.29) is 5.91 Å². The number of likely N-dealkylation sites (tertiary alicyclic amines) is 2. The zero-order chi connectivity index (χ0) is 15.8. The zero-order valence-corrected chi connectivity index (χ0v) is 14.7. The van der Waals surface area contributed by atoms with E-state index in [9.17, 15) is 4.79 Å². The molecule has 0 aromatic carbocycles. The Balaban J connectivity index is 1.47. The summed E-state index contributed by atoms with van der Waals surface area (Å²) in [5, 5.41) is 0.896. The highest BCUT2D eigenvalue weighted by molar-refractivity contribution is 9.10. The number of aromatic amines is 1. The van der Waals surface area contributed by atoms with Gasteiger partial charge in [0.1, 0.15) is 5.65 Å². The van der Waals surface area contributed by atoms with Crippen molar-refractivity contribution in [1.29, 1.82) is 0 Å². The van der Waals surface area contributed by atoms with Crippen molar-refractivity contribution in [2.24, 2.45) is 5.92 Å². The van der Waals surface area contributed by atoms with Crippen LogP contribution in [-0.4, -0.2) is 58.4 Å². The number of nitrogens with zero attached hydrogens (tertiary/aromatic N) is 3. The van der Waals surface area contributed by atoms with E-state index in [2.05, 4.69) is 30.8 Å². The molecule has 0 spiro atoms. The smallest absolute Gasteiger partial charge is 0.256 e. The predicted molar refractivity (Wildman–Crippen MR) is 93.5 cm³/mol. The van der Waals surface area contributed by atoms with E-state index >= 15 is 0 Å². The van der Waals surface area contributed by atoms with E-state index in [1.165, 1.54) is 25.9 Å². The second-order valence-electron chi connectivity index (χ2n) is 6.67. The van der Waals surface area contributed by atoms with E-state index in [1.807, 2.05) is 11.0 Å². The molecule has 0 radical (unpaired) electrons.